The van der Waals surface area contributed by atoms with Gasteiger partial charge in [0.2, 0.25) is 0 Å². The molecule has 0 fully saturated rings. The Morgan fingerprint density at radius 3 is 0.921 bits per heavy atom. The van der Waals surface area contributed by atoms with E-state index in [-0.39, 0.29) is 31.1 Å². The lowest BCUT2D eigenvalue weighted by molar-refractivity contribution is -0.167. The van der Waals surface area contributed by atoms with Crippen molar-refractivity contribution >= 4 is 17.9 Å². The molecule has 0 rings (SSSR count). The summed E-state index contributed by atoms with van der Waals surface area (Å²) in [4.78, 5) is 37.8. The Hall–Kier alpha value is -2.89. The predicted octanol–water partition coefficient (Wildman–Crippen LogP) is 17.6. The van der Waals surface area contributed by atoms with E-state index in [2.05, 4.69) is 81.5 Å². The molecule has 0 N–H and O–H groups in total. The molecular formula is C57H100O6. The van der Waals surface area contributed by atoms with Crippen molar-refractivity contribution in [3.8, 4) is 0 Å². The molecular weight excluding hydrogens is 781 g/mol. The summed E-state index contributed by atoms with van der Waals surface area (Å²) >= 11 is 0. The van der Waals surface area contributed by atoms with Gasteiger partial charge in [-0.15, -0.1) is 0 Å². The molecule has 1 unspecified atom stereocenters. The highest BCUT2D eigenvalue weighted by atomic mass is 16.6. The molecule has 364 valence electrons. The summed E-state index contributed by atoms with van der Waals surface area (Å²) in [7, 11) is 0. The first-order valence-corrected chi connectivity index (χ1v) is 26.8. The molecule has 0 saturated heterocycles. The highest BCUT2D eigenvalue weighted by Crippen LogP contribution is 2.14. The zero-order valence-electron chi connectivity index (χ0n) is 41.6. The van der Waals surface area contributed by atoms with Gasteiger partial charge < -0.3 is 14.2 Å². The molecule has 0 saturated carbocycles. The van der Waals surface area contributed by atoms with Crippen molar-refractivity contribution in [1.29, 1.82) is 0 Å². The van der Waals surface area contributed by atoms with Gasteiger partial charge in [0.25, 0.3) is 0 Å². The number of hydrogen-bond donors (Lipinski definition) is 0. The van der Waals surface area contributed by atoms with E-state index in [0.29, 0.717) is 19.3 Å². The highest BCUT2D eigenvalue weighted by Gasteiger charge is 2.19. The van der Waals surface area contributed by atoms with E-state index in [1.807, 2.05) is 0 Å². The van der Waals surface area contributed by atoms with E-state index in [4.69, 9.17) is 14.2 Å². The van der Waals surface area contributed by atoms with Crippen molar-refractivity contribution in [2.75, 3.05) is 13.2 Å². The first-order chi connectivity index (χ1) is 31.0. The molecule has 0 amide bonds. The van der Waals surface area contributed by atoms with E-state index in [0.717, 1.165) is 103 Å². The first-order valence-electron chi connectivity index (χ1n) is 26.8. The van der Waals surface area contributed by atoms with Crippen molar-refractivity contribution in [2.24, 2.45) is 0 Å². The second-order valence-corrected chi connectivity index (χ2v) is 17.8. The van der Waals surface area contributed by atoms with Crippen molar-refractivity contribution in [3.63, 3.8) is 0 Å². The molecule has 0 aliphatic heterocycles. The molecule has 0 bridgehead atoms. The summed E-state index contributed by atoms with van der Waals surface area (Å²) in [6.07, 6.45) is 63.6. The van der Waals surface area contributed by atoms with Gasteiger partial charge in [-0.1, -0.05) is 216 Å². The summed E-state index contributed by atoms with van der Waals surface area (Å²) in [6.45, 7) is 6.55. The fourth-order valence-electron chi connectivity index (χ4n) is 7.42. The van der Waals surface area contributed by atoms with Crippen molar-refractivity contribution < 1.29 is 28.6 Å². The molecule has 0 aromatic heterocycles. The molecule has 6 heteroatoms. The molecule has 0 aliphatic rings. The standard InChI is InChI=1S/C57H100O6/c1-4-7-10-13-16-18-20-22-24-25-26-27-28-29-30-31-33-34-36-38-41-44-47-50-56(59)62-53-54(52-61-55(58)49-46-43-40-15-12-9-6-3)63-57(60)51-48-45-42-39-37-35-32-23-21-19-17-14-11-8-5-2/h17,19-20,22-23,25-26,28-29,32,54H,4-16,18,21,24,27,30-31,33-53H2,1-3H3/b19-17-,22-20-,26-25-,29-28-,32-23-. The van der Waals surface area contributed by atoms with E-state index in [1.54, 1.807) is 0 Å². The lowest BCUT2D eigenvalue weighted by Crippen LogP contribution is -2.30. The molecule has 6 nitrogen and oxygen atoms in total. The number of carbonyl (C=O) groups excluding carboxylic acids is 3. The van der Waals surface area contributed by atoms with Crippen LogP contribution in [0.1, 0.15) is 265 Å². The molecule has 0 heterocycles. The van der Waals surface area contributed by atoms with Crippen molar-refractivity contribution in [1.82, 2.24) is 0 Å². The quantitative estimate of drug-likeness (QED) is 0.0262. The second kappa shape index (κ2) is 51.7. The van der Waals surface area contributed by atoms with Gasteiger partial charge in [-0.05, 0) is 89.9 Å². The Morgan fingerprint density at radius 2 is 0.571 bits per heavy atom. The summed E-state index contributed by atoms with van der Waals surface area (Å²) in [5, 5.41) is 0. The topological polar surface area (TPSA) is 78.9 Å². The second-order valence-electron chi connectivity index (χ2n) is 17.8. The molecule has 1 atom stereocenters. The number of rotatable bonds is 48. The Kier molecular flexibility index (Phi) is 49.4. The number of esters is 3. The maximum Gasteiger partial charge on any atom is 0.306 e. The van der Waals surface area contributed by atoms with Crippen LogP contribution in [0.2, 0.25) is 0 Å². The lowest BCUT2D eigenvalue weighted by atomic mass is 10.1. The third-order valence-electron chi connectivity index (χ3n) is 11.5. The largest absolute Gasteiger partial charge is 0.462 e. The van der Waals surface area contributed by atoms with Crippen LogP contribution in [0.15, 0.2) is 60.8 Å². The van der Waals surface area contributed by atoms with E-state index < -0.39 is 6.10 Å². The zero-order chi connectivity index (χ0) is 45.8. The fourth-order valence-corrected chi connectivity index (χ4v) is 7.42. The molecule has 0 aliphatic carbocycles. The van der Waals surface area contributed by atoms with Crippen LogP contribution >= 0.6 is 0 Å². The first kappa shape index (κ1) is 60.1. The van der Waals surface area contributed by atoms with Crippen LogP contribution < -0.4 is 0 Å². The summed E-state index contributed by atoms with van der Waals surface area (Å²) in [5.41, 5.74) is 0. The van der Waals surface area contributed by atoms with Crippen LogP contribution in [0, 0.1) is 0 Å². The number of unbranched alkanes of at least 4 members (excludes halogenated alkanes) is 27. The van der Waals surface area contributed by atoms with Gasteiger partial charge in [-0.25, -0.2) is 0 Å². The normalized spacial score (nSPS) is 12.5. The third-order valence-corrected chi connectivity index (χ3v) is 11.5. The third kappa shape index (κ3) is 50.0. The van der Waals surface area contributed by atoms with E-state index in [9.17, 15) is 14.4 Å². The highest BCUT2D eigenvalue weighted by molar-refractivity contribution is 5.71. The summed E-state index contributed by atoms with van der Waals surface area (Å²) in [5.74, 6) is -0.906. The van der Waals surface area contributed by atoms with Gasteiger partial charge in [-0.3, -0.25) is 14.4 Å². The lowest BCUT2D eigenvalue weighted by Gasteiger charge is -2.18. The Balaban J connectivity index is 4.23. The van der Waals surface area contributed by atoms with Crippen LogP contribution in [-0.4, -0.2) is 37.2 Å². The Labute approximate surface area is 390 Å². The van der Waals surface area contributed by atoms with Gasteiger partial charge in [0.1, 0.15) is 13.2 Å². The Morgan fingerprint density at radius 1 is 0.317 bits per heavy atom. The number of allylic oxidation sites excluding steroid dienone is 10. The predicted molar refractivity (Wildman–Crippen MR) is 270 cm³/mol. The average molecular weight is 881 g/mol. The van der Waals surface area contributed by atoms with Gasteiger partial charge >= 0.3 is 17.9 Å². The minimum absolute atomic E-state index is 0.0817. The van der Waals surface area contributed by atoms with Crippen LogP contribution in [0.3, 0.4) is 0 Å². The minimum Gasteiger partial charge on any atom is -0.462 e. The average Bonchev–Trinajstić information content (AvgIpc) is 3.28. The summed E-state index contributed by atoms with van der Waals surface area (Å²) < 4.78 is 16.7. The van der Waals surface area contributed by atoms with Gasteiger partial charge in [0.15, 0.2) is 6.10 Å². The zero-order valence-corrected chi connectivity index (χ0v) is 41.6. The van der Waals surface area contributed by atoms with E-state index in [1.165, 1.54) is 122 Å². The molecule has 63 heavy (non-hydrogen) atoms. The van der Waals surface area contributed by atoms with Crippen molar-refractivity contribution in [2.45, 2.75) is 271 Å². The Bertz CT molecular complexity index is 1150. The van der Waals surface area contributed by atoms with Crippen LogP contribution in [0.5, 0.6) is 0 Å². The maximum atomic E-state index is 12.8. The van der Waals surface area contributed by atoms with Crippen LogP contribution in [0.4, 0.5) is 0 Å². The summed E-state index contributed by atoms with van der Waals surface area (Å²) in [6, 6.07) is 0. The maximum absolute atomic E-state index is 12.8. The minimum atomic E-state index is -0.781. The molecule has 0 aromatic rings. The monoisotopic (exact) mass is 881 g/mol. The van der Waals surface area contributed by atoms with Gasteiger partial charge in [0, 0.05) is 19.3 Å². The van der Waals surface area contributed by atoms with Crippen molar-refractivity contribution in [3.05, 3.63) is 60.8 Å². The number of hydrogen-bond acceptors (Lipinski definition) is 6. The molecule has 0 radical (unpaired) electrons. The SMILES string of the molecule is CCCCC/C=C\C/C=C\CCCCCCCC(=O)OC(COC(=O)CCCCCCCCC)COC(=O)CCCCCCCCCC/C=C\C/C=C\C/C=C\CCCCCCC. The van der Waals surface area contributed by atoms with Crippen LogP contribution in [-0.2, 0) is 28.6 Å². The fraction of sp³-hybridized carbons (Fsp3) is 0.772. The number of ether oxygens (including phenoxy) is 3. The van der Waals surface area contributed by atoms with Gasteiger partial charge in [-0.2, -0.15) is 0 Å². The van der Waals surface area contributed by atoms with Gasteiger partial charge in [0.05, 0.1) is 0 Å². The number of carbonyl (C=O) groups is 3. The van der Waals surface area contributed by atoms with Crippen LogP contribution in [0.25, 0.3) is 0 Å². The molecule has 0 aromatic carbocycles. The van der Waals surface area contributed by atoms with E-state index >= 15 is 0 Å². The molecule has 0 spiro atoms. The smallest absolute Gasteiger partial charge is 0.306 e.